The summed E-state index contributed by atoms with van der Waals surface area (Å²) in [5.41, 5.74) is 3.05. The minimum atomic E-state index is -0.718. The number of nitriles is 1. The topological polar surface area (TPSA) is 67.2 Å². The number of hydrogen-bond acceptors (Lipinski definition) is 4. The van der Waals surface area contributed by atoms with Crippen LogP contribution in [0.15, 0.2) is 48.5 Å². The Morgan fingerprint density at radius 2 is 1.59 bits per heavy atom. The number of Topliss-reactive ketones (excluding diaryl/α,β-unsaturated/α-hetero) is 1. The van der Waals surface area contributed by atoms with Crippen LogP contribution in [0.4, 0.5) is 0 Å². The highest BCUT2D eigenvalue weighted by Crippen LogP contribution is 2.39. The van der Waals surface area contributed by atoms with Crippen LogP contribution in [0.5, 0.6) is 0 Å². The third-order valence-corrected chi connectivity index (χ3v) is 4.80. The molecule has 1 fully saturated rings. The largest absolute Gasteiger partial charge is 0.459 e. The number of benzene rings is 2. The van der Waals surface area contributed by atoms with Gasteiger partial charge in [-0.25, -0.2) is 0 Å². The minimum absolute atomic E-state index is 0.0366. The second-order valence-corrected chi connectivity index (χ2v) is 7.93. The lowest BCUT2D eigenvalue weighted by Gasteiger charge is -2.24. The molecule has 2 atom stereocenters. The van der Waals surface area contributed by atoms with Crippen molar-refractivity contribution in [1.29, 1.82) is 5.26 Å². The molecule has 1 unspecified atom stereocenters. The lowest BCUT2D eigenvalue weighted by molar-refractivity contribution is -0.161. The van der Waals surface area contributed by atoms with Crippen molar-refractivity contribution in [2.75, 3.05) is 0 Å². The van der Waals surface area contributed by atoms with Crippen LogP contribution in [0.1, 0.15) is 50.7 Å². The summed E-state index contributed by atoms with van der Waals surface area (Å²) in [6.45, 7) is 5.43. The molecule has 0 spiro atoms. The molecule has 0 saturated heterocycles. The van der Waals surface area contributed by atoms with Gasteiger partial charge in [0.1, 0.15) is 17.3 Å². The summed E-state index contributed by atoms with van der Waals surface area (Å²) >= 11 is 0. The normalized spacial score (nSPS) is 19.6. The first-order valence-corrected chi connectivity index (χ1v) is 9.14. The number of hydrogen-bond donors (Lipinski definition) is 0. The van der Waals surface area contributed by atoms with Crippen LogP contribution in [0.2, 0.25) is 0 Å². The third-order valence-electron chi connectivity index (χ3n) is 4.80. The number of esters is 1. The van der Waals surface area contributed by atoms with Crippen molar-refractivity contribution in [3.63, 3.8) is 0 Å². The van der Waals surface area contributed by atoms with Gasteiger partial charge >= 0.3 is 5.97 Å². The zero-order valence-electron chi connectivity index (χ0n) is 15.9. The molecule has 0 heterocycles. The summed E-state index contributed by atoms with van der Waals surface area (Å²) in [6.07, 6.45) is 1.07. The molecule has 1 aliphatic rings. The van der Waals surface area contributed by atoms with E-state index in [9.17, 15) is 9.59 Å². The molecule has 3 rings (SSSR count). The maximum Gasteiger partial charge on any atom is 0.317 e. The van der Waals surface area contributed by atoms with Gasteiger partial charge in [-0.3, -0.25) is 9.59 Å². The van der Waals surface area contributed by atoms with E-state index >= 15 is 0 Å². The van der Waals surface area contributed by atoms with Crippen LogP contribution < -0.4 is 0 Å². The van der Waals surface area contributed by atoms with E-state index in [4.69, 9.17) is 10.00 Å². The van der Waals surface area contributed by atoms with Gasteiger partial charge < -0.3 is 4.74 Å². The van der Waals surface area contributed by atoms with Gasteiger partial charge in [-0.1, -0.05) is 36.4 Å². The second-order valence-electron chi connectivity index (χ2n) is 7.93. The Morgan fingerprint density at radius 1 is 1.04 bits per heavy atom. The van der Waals surface area contributed by atoms with E-state index < -0.39 is 17.5 Å². The Bertz CT molecular complexity index is 883. The summed E-state index contributed by atoms with van der Waals surface area (Å²) in [7, 11) is 0. The van der Waals surface area contributed by atoms with Crippen molar-refractivity contribution in [1.82, 2.24) is 0 Å². The lowest BCUT2D eigenvalue weighted by atomic mass is 9.87. The molecular formula is C23H23NO3. The predicted molar refractivity (Wildman–Crippen MR) is 103 cm³/mol. The van der Waals surface area contributed by atoms with Crippen LogP contribution in [-0.4, -0.2) is 17.4 Å². The smallest absolute Gasteiger partial charge is 0.317 e. The molecule has 0 aromatic heterocycles. The molecule has 0 amide bonds. The molecule has 2 aromatic carbocycles. The highest BCUT2D eigenvalue weighted by atomic mass is 16.6. The summed E-state index contributed by atoms with van der Waals surface area (Å²) < 4.78 is 5.47. The first-order chi connectivity index (χ1) is 12.8. The van der Waals surface area contributed by atoms with Crippen LogP contribution in [0, 0.1) is 17.2 Å². The van der Waals surface area contributed by atoms with Gasteiger partial charge in [-0.15, -0.1) is 0 Å². The maximum atomic E-state index is 12.5. The molecular weight excluding hydrogens is 338 g/mol. The van der Waals surface area contributed by atoms with E-state index in [1.807, 2.05) is 57.2 Å². The molecule has 1 saturated carbocycles. The van der Waals surface area contributed by atoms with E-state index in [2.05, 4.69) is 6.07 Å². The maximum absolute atomic E-state index is 12.5. The van der Waals surface area contributed by atoms with Crippen LogP contribution in [0.3, 0.4) is 0 Å². The number of carbonyl (C=O) groups excluding carboxylic acids is 2. The SMILES string of the molecule is CC(C)(C)OC(=O)C1C(=O)CC[C@@H]1c1ccc(-c2ccc(C#N)cc2)cc1. The van der Waals surface area contributed by atoms with E-state index in [1.54, 1.807) is 12.1 Å². The standard InChI is InChI=1S/C23H23NO3/c1-23(2,3)27-22(26)21-19(12-13-20(21)25)18-10-8-17(9-11-18)16-6-4-15(14-24)5-7-16/h4-11,19,21H,12-13H2,1-3H3/t19-,21?/m1/s1. The first kappa shape index (κ1) is 18.8. The van der Waals surface area contributed by atoms with Gasteiger partial charge in [0.05, 0.1) is 11.6 Å². The fourth-order valence-electron chi connectivity index (χ4n) is 3.52. The van der Waals surface area contributed by atoms with Gasteiger partial charge in [-0.2, -0.15) is 5.26 Å². The van der Waals surface area contributed by atoms with Crippen molar-refractivity contribution < 1.29 is 14.3 Å². The average Bonchev–Trinajstić information content (AvgIpc) is 3.02. The Kier molecular flexibility index (Phi) is 5.14. The highest BCUT2D eigenvalue weighted by molar-refractivity contribution is 6.02. The summed E-state index contributed by atoms with van der Waals surface area (Å²) in [5, 5.41) is 8.90. The van der Waals surface area contributed by atoms with Crippen molar-refractivity contribution >= 4 is 11.8 Å². The molecule has 138 valence electrons. The summed E-state index contributed by atoms with van der Waals surface area (Å²) in [5.74, 6) is -1.32. The average molecular weight is 361 g/mol. The van der Waals surface area contributed by atoms with Crippen LogP contribution in [-0.2, 0) is 14.3 Å². The molecule has 2 aromatic rings. The molecule has 27 heavy (non-hydrogen) atoms. The van der Waals surface area contributed by atoms with Gasteiger partial charge in [-0.05, 0) is 56.0 Å². The summed E-state index contributed by atoms with van der Waals surface area (Å²) in [6, 6.07) is 17.5. The van der Waals surface area contributed by atoms with Gasteiger partial charge in [0, 0.05) is 12.3 Å². The number of carbonyl (C=O) groups is 2. The number of ether oxygens (including phenoxy) is 1. The quantitative estimate of drug-likeness (QED) is 0.590. The first-order valence-electron chi connectivity index (χ1n) is 9.14. The Balaban J connectivity index is 1.81. The van der Waals surface area contributed by atoms with E-state index in [0.717, 1.165) is 16.7 Å². The lowest BCUT2D eigenvalue weighted by Crippen LogP contribution is -2.32. The number of ketones is 1. The van der Waals surface area contributed by atoms with E-state index in [0.29, 0.717) is 18.4 Å². The van der Waals surface area contributed by atoms with Gasteiger partial charge in [0.15, 0.2) is 0 Å². The Morgan fingerprint density at radius 3 is 2.11 bits per heavy atom. The molecule has 4 nitrogen and oxygen atoms in total. The van der Waals surface area contributed by atoms with Crippen LogP contribution >= 0.6 is 0 Å². The van der Waals surface area contributed by atoms with Crippen molar-refractivity contribution in [2.24, 2.45) is 5.92 Å². The van der Waals surface area contributed by atoms with Gasteiger partial charge in [0.25, 0.3) is 0 Å². The van der Waals surface area contributed by atoms with Crippen molar-refractivity contribution in [3.8, 4) is 17.2 Å². The zero-order chi connectivity index (χ0) is 19.6. The fourth-order valence-corrected chi connectivity index (χ4v) is 3.52. The third kappa shape index (κ3) is 4.25. The van der Waals surface area contributed by atoms with Crippen molar-refractivity contribution in [3.05, 3.63) is 59.7 Å². The predicted octanol–water partition coefficient (Wildman–Crippen LogP) is 4.63. The Hall–Kier alpha value is -2.93. The molecule has 0 bridgehead atoms. The fraction of sp³-hybridized carbons (Fsp3) is 0.348. The Labute approximate surface area is 159 Å². The molecule has 0 aliphatic heterocycles. The second kappa shape index (κ2) is 7.36. The summed E-state index contributed by atoms with van der Waals surface area (Å²) in [4.78, 5) is 24.8. The molecule has 4 heteroatoms. The van der Waals surface area contributed by atoms with Crippen molar-refractivity contribution in [2.45, 2.75) is 45.1 Å². The van der Waals surface area contributed by atoms with Gasteiger partial charge in [0.2, 0.25) is 0 Å². The molecule has 0 N–H and O–H groups in total. The van der Waals surface area contributed by atoms with E-state index in [1.165, 1.54) is 0 Å². The zero-order valence-corrected chi connectivity index (χ0v) is 15.9. The monoisotopic (exact) mass is 361 g/mol. The highest BCUT2D eigenvalue weighted by Gasteiger charge is 2.42. The van der Waals surface area contributed by atoms with E-state index in [-0.39, 0.29) is 11.7 Å². The van der Waals surface area contributed by atoms with Crippen LogP contribution in [0.25, 0.3) is 11.1 Å². The minimum Gasteiger partial charge on any atom is -0.459 e. The molecule has 1 aliphatic carbocycles. The molecule has 0 radical (unpaired) electrons. The number of rotatable bonds is 3. The number of nitrogens with zero attached hydrogens (tertiary/aromatic N) is 1.